The molecular weight excluding hydrogens is 420 g/mol. The maximum absolute atomic E-state index is 13.0. The zero-order valence-electron chi connectivity index (χ0n) is 16.5. The van der Waals surface area contributed by atoms with Crippen LogP contribution in [0.25, 0.3) is 5.57 Å². The maximum Gasteiger partial charge on any atom is 0.266 e. The van der Waals surface area contributed by atoms with Gasteiger partial charge in [0.2, 0.25) is 0 Å². The molecule has 3 aromatic rings. The van der Waals surface area contributed by atoms with Gasteiger partial charge in [0.25, 0.3) is 5.91 Å². The lowest BCUT2D eigenvalue weighted by Gasteiger charge is -2.26. The fourth-order valence-electron chi connectivity index (χ4n) is 3.32. The van der Waals surface area contributed by atoms with E-state index in [4.69, 9.17) is 16.3 Å². The van der Waals surface area contributed by atoms with Crippen molar-refractivity contribution in [2.45, 2.75) is 20.0 Å². The normalized spacial score (nSPS) is 13.8. The highest BCUT2D eigenvalue weighted by molar-refractivity contribution is 7.13. The Hall–Kier alpha value is -2.83. The second kappa shape index (κ2) is 8.90. The van der Waals surface area contributed by atoms with Crippen molar-refractivity contribution in [1.29, 1.82) is 0 Å². The van der Waals surface area contributed by atoms with Crippen LogP contribution in [0.4, 0.5) is 0 Å². The number of aromatic hydroxyl groups is 1. The number of carbonyl (C=O) groups is 1. The molecule has 0 fully saturated rings. The lowest BCUT2D eigenvalue weighted by Crippen LogP contribution is -2.34. The first-order valence-electron chi connectivity index (χ1n) is 9.62. The average molecular weight is 441 g/mol. The number of carbonyl (C=O) groups excluding carboxylic acids is 1. The molecule has 7 heteroatoms. The zero-order chi connectivity index (χ0) is 21.1. The number of aromatic nitrogens is 1. The number of hydrogen-bond donors (Lipinski definition) is 1. The number of phenolic OH excluding ortho intramolecular Hbond substituents is 1. The summed E-state index contributed by atoms with van der Waals surface area (Å²) < 4.78 is 5.75. The molecule has 0 atom stereocenters. The van der Waals surface area contributed by atoms with Crippen LogP contribution in [0, 0.1) is 6.92 Å². The fraction of sp³-hybridized carbons (Fsp3) is 0.217. The zero-order valence-corrected chi connectivity index (χ0v) is 18.0. The van der Waals surface area contributed by atoms with Gasteiger partial charge in [-0.1, -0.05) is 29.8 Å². The average Bonchev–Trinajstić information content (AvgIpc) is 3.14. The van der Waals surface area contributed by atoms with Crippen molar-refractivity contribution >= 4 is 34.4 Å². The van der Waals surface area contributed by atoms with Crippen molar-refractivity contribution in [2.24, 2.45) is 0 Å². The van der Waals surface area contributed by atoms with Gasteiger partial charge in [-0.2, -0.15) is 0 Å². The molecule has 30 heavy (non-hydrogen) atoms. The molecule has 1 N–H and O–H groups in total. The van der Waals surface area contributed by atoms with Crippen LogP contribution in [0.3, 0.4) is 0 Å². The molecule has 4 rings (SSSR count). The molecule has 0 spiro atoms. The first-order chi connectivity index (χ1) is 14.5. The lowest BCUT2D eigenvalue weighted by molar-refractivity contribution is 0.0776. The monoisotopic (exact) mass is 440 g/mol. The Labute approximate surface area is 184 Å². The Balaban J connectivity index is 1.40. The molecular formula is C23H21ClN2O3S. The van der Waals surface area contributed by atoms with E-state index >= 15 is 0 Å². The van der Waals surface area contributed by atoms with Gasteiger partial charge < -0.3 is 14.7 Å². The Morgan fingerprint density at radius 1 is 1.20 bits per heavy atom. The third-order valence-electron chi connectivity index (χ3n) is 4.95. The Morgan fingerprint density at radius 2 is 1.93 bits per heavy atom. The van der Waals surface area contributed by atoms with Crippen LogP contribution in [0.2, 0.25) is 5.02 Å². The van der Waals surface area contributed by atoms with Crippen molar-refractivity contribution in [1.82, 2.24) is 9.88 Å². The van der Waals surface area contributed by atoms with Gasteiger partial charge in [-0.25, -0.2) is 4.98 Å². The van der Waals surface area contributed by atoms with Gasteiger partial charge in [0, 0.05) is 18.1 Å². The van der Waals surface area contributed by atoms with Crippen LogP contribution in [0.15, 0.2) is 54.6 Å². The van der Waals surface area contributed by atoms with Gasteiger partial charge in [0.15, 0.2) is 0 Å². The molecule has 0 saturated heterocycles. The van der Waals surface area contributed by atoms with Crippen molar-refractivity contribution in [3.05, 3.63) is 80.8 Å². The minimum absolute atomic E-state index is 0.00347. The number of hydrogen-bond acceptors (Lipinski definition) is 5. The summed E-state index contributed by atoms with van der Waals surface area (Å²) in [6, 6.07) is 14.3. The van der Waals surface area contributed by atoms with E-state index in [1.165, 1.54) is 16.9 Å². The van der Waals surface area contributed by atoms with Gasteiger partial charge in [-0.05, 0) is 60.9 Å². The van der Waals surface area contributed by atoms with E-state index in [2.05, 4.69) is 11.1 Å². The number of phenols is 1. The van der Waals surface area contributed by atoms with E-state index in [9.17, 15) is 9.90 Å². The van der Waals surface area contributed by atoms with E-state index < -0.39 is 0 Å². The Morgan fingerprint density at radius 3 is 2.60 bits per heavy atom. The molecule has 0 unspecified atom stereocenters. The van der Waals surface area contributed by atoms with E-state index in [0.717, 1.165) is 22.7 Å². The van der Waals surface area contributed by atoms with Crippen molar-refractivity contribution < 1.29 is 14.6 Å². The molecule has 2 aromatic carbocycles. The molecule has 154 valence electrons. The summed E-state index contributed by atoms with van der Waals surface area (Å²) in [4.78, 5) is 20.0. The summed E-state index contributed by atoms with van der Waals surface area (Å²) in [5, 5.41) is 10.9. The minimum atomic E-state index is 0.00347. The van der Waals surface area contributed by atoms with Gasteiger partial charge in [0.1, 0.15) is 28.0 Å². The van der Waals surface area contributed by atoms with Gasteiger partial charge in [-0.15, -0.1) is 11.3 Å². The van der Waals surface area contributed by atoms with Crippen LogP contribution in [-0.2, 0) is 6.61 Å². The highest BCUT2D eigenvalue weighted by atomic mass is 35.5. The van der Waals surface area contributed by atoms with Crippen molar-refractivity contribution in [2.75, 3.05) is 13.1 Å². The smallest absolute Gasteiger partial charge is 0.266 e. The molecule has 1 amide bonds. The van der Waals surface area contributed by atoms with Gasteiger partial charge >= 0.3 is 0 Å². The summed E-state index contributed by atoms with van der Waals surface area (Å²) >= 11 is 7.27. The number of halogens is 1. The highest BCUT2D eigenvalue weighted by Crippen LogP contribution is 2.27. The predicted molar refractivity (Wildman–Crippen MR) is 119 cm³/mol. The summed E-state index contributed by atoms with van der Waals surface area (Å²) in [5.41, 5.74) is 3.00. The molecule has 0 radical (unpaired) electrons. The second-order valence-electron chi connectivity index (χ2n) is 7.04. The Kier molecular flexibility index (Phi) is 6.06. The van der Waals surface area contributed by atoms with Gasteiger partial charge in [-0.3, -0.25) is 4.79 Å². The molecule has 5 nitrogen and oxygen atoms in total. The standard InChI is InChI=1S/C23H21ClN2O3S/c1-15-22(30-21(25-15)14-29-20-8-4-18(24)5-9-20)23(28)26-12-10-17(11-13-26)16-2-6-19(27)7-3-16/h2-10,27H,11-14H2,1H3. The molecule has 1 aliphatic rings. The van der Waals surface area contributed by atoms with E-state index in [0.29, 0.717) is 35.3 Å². The lowest BCUT2D eigenvalue weighted by atomic mass is 9.99. The molecule has 1 aliphatic heterocycles. The number of nitrogens with zero attached hydrogens (tertiary/aromatic N) is 2. The summed E-state index contributed by atoms with van der Waals surface area (Å²) in [7, 11) is 0. The maximum atomic E-state index is 13.0. The van der Waals surface area contributed by atoms with Crippen molar-refractivity contribution in [3.63, 3.8) is 0 Å². The van der Waals surface area contributed by atoms with E-state index in [1.54, 1.807) is 36.4 Å². The van der Waals surface area contributed by atoms with Gasteiger partial charge in [0.05, 0.1) is 5.69 Å². The Bertz CT molecular complexity index is 1070. The van der Waals surface area contributed by atoms with E-state index in [-0.39, 0.29) is 11.7 Å². The van der Waals surface area contributed by atoms with Crippen LogP contribution in [0.5, 0.6) is 11.5 Å². The number of ether oxygens (including phenoxy) is 1. The topological polar surface area (TPSA) is 62.7 Å². The number of rotatable bonds is 5. The largest absolute Gasteiger partial charge is 0.508 e. The molecule has 1 aromatic heterocycles. The quantitative estimate of drug-likeness (QED) is 0.583. The third-order valence-corrected chi connectivity index (χ3v) is 6.32. The molecule has 0 bridgehead atoms. The fourth-order valence-corrected chi connectivity index (χ4v) is 4.40. The first kappa shape index (κ1) is 20.4. The molecule has 2 heterocycles. The number of aryl methyl sites for hydroxylation is 1. The summed E-state index contributed by atoms with van der Waals surface area (Å²) in [6.45, 7) is 3.38. The second-order valence-corrected chi connectivity index (χ2v) is 8.56. The molecule has 0 saturated carbocycles. The van der Waals surface area contributed by atoms with Crippen LogP contribution < -0.4 is 4.74 Å². The minimum Gasteiger partial charge on any atom is -0.508 e. The number of benzene rings is 2. The first-order valence-corrected chi connectivity index (χ1v) is 10.8. The molecule has 0 aliphatic carbocycles. The van der Waals surface area contributed by atoms with Crippen LogP contribution in [-0.4, -0.2) is 34.0 Å². The van der Waals surface area contributed by atoms with Crippen molar-refractivity contribution in [3.8, 4) is 11.5 Å². The SMILES string of the molecule is Cc1nc(COc2ccc(Cl)cc2)sc1C(=O)N1CC=C(c2ccc(O)cc2)CC1. The third kappa shape index (κ3) is 4.66. The summed E-state index contributed by atoms with van der Waals surface area (Å²) in [6.07, 6.45) is 2.86. The summed E-state index contributed by atoms with van der Waals surface area (Å²) in [5.74, 6) is 0.968. The predicted octanol–water partition coefficient (Wildman–Crippen LogP) is 5.32. The van der Waals surface area contributed by atoms with Crippen LogP contribution in [0.1, 0.15) is 32.4 Å². The van der Waals surface area contributed by atoms with Crippen LogP contribution >= 0.6 is 22.9 Å². The highest BCUT2D eigenvalue weighted by Gasteiger charge is 2.23. The van der Waals surface area contributed by atoms with E-state index in [1.807, 2.05) is 24.0 Å². The number of thiazole rings is 1. The number of amides is 1.